The van der Waals surface area contributed by atoms with Crippen molar-refractivity contribution in [1.82, 2.24) is 0 Å². The van der Waals surface area contributed by atoms with Crippen LogP contribution in [-0.4, -0.2) is 23.8 Å². The van der Waals surface area contributed by atoms with Crippen molar-refractivity contribution in [3.05, 3.63) is 53.9 Å². The summed E-state index contributed by atoms with van der Waals surface area (Å²) in [6.07, 6.45) is 0.723. The van der Waals surface area contributed by atoms with Crippen LogP contribution in [0.15, 0.2) is 48.4 Å². The summed E-state index contributed by atoms with van der Waals surface area (Å²) in [4.78, 5) is 23.0. The normalized spacial score (nSPS) is 9.90. The first kappa shape index (κ1) is 14.8. The van der Waals surface area contributed by atoms with Crippen LogP contribution in [0.5, 0.6) is 0 Å². The quantitative estimate of drug-likeness (QED) is 0.823. The van der Waals surface area contributed by atoms with Gasteiger partial charge in [-0.15, -0.1) is 11.3 Å². The van der Waals surface area contributed by atoms with Gasteiger partial charge >= 0.3 is 12.1 Å². The molecule has 0 spiro atoms. The van der Waals surface area contributed by atoms with Crippen molar-refractivity contribution < 1.29 is 19.4 Å². The maximum Gasteiger partial charge on any atom is 0.412 e. The lowest BCUT2D eigenvalue weighted by Gasteiger charge is -2.05. The van der Waals surface area contributed by atoms with Crippen LogP contribution in [0.3, 0.4) is 0 Å². The number of thiophene rings is 1. The average Bonchev–Trinajstić information content (AvgIpc) is 2.89. The summed E-state index contributed by atoms with van der Waals surface area (Å²) in [5.74, 6) is -1.10. The fourth-order valence-corrected chi connectivity index (χ4v) is 2.70. The van der Waals surface area contributed by atoms with Gasteiger partial charge in [0.25, 0.3) is 0 Å². The monoisotopic (exact) mass is 303 g/mol. The molecule has 2 N–H and O–H groups in total. The summed E-state index contributed by atoms with van der Waals surface area (Å²) in [5, 5.41) is 13.8. The summed E-state index contributed by atoms with van der Waals surface area (Å²) in [6, 6.07) is 9.12. The third-order valence-electron chi connectivity index (χ3n) is 2.64. The Labute approximate surface area is 125 Å². The molecule has 0 aliphatic heterocycles. The van der Waals surface area contributed by atoms with Crippen LogP contribution in [0, 0.1) is 0 Å². The minimum absolute atomic E-state index is 0.0572. The number of benzene rings is 1. The van der Waals surface area contributed by atoms with Gasteiger partial charge in [-0.1, -0.05) is 43.0 Å². The molecule has 0 aliphatic rings. The minimum Gasteiger partial charge on any atom is -0.478 e. The second-order valence-corrected chi connectivity index (χ2v) is 4.92. The summed E-state index contributed by atoms with van der Waals surface area (Å²) < 4.78 is 4.79. The molecule has 5 nitrogen and oxygen atoms in total. The molecule has 0 aliphatic carbocycles. The lowest BCUT2D eigenvalue weighted by atomic mass is 10.0. The van der Waals surface area contributed by atoms with E-state index in [0.717, 1.165) is 16.9 Å². The number of ether oxygens (including phenoxy) is 1. The molecule has 0 radical (unpaired) electrons. The molecular formula is C15H13NO4S. The maximum atomic E-state index is 11.5. The first-order chi connectivity index (χ1) is 10.1. The highest BCUT2D eigenvalue weighted by Gasteiger charge is 2.21. The van der Waals surface area contributed by atoms with Crippen molar-refractivity contribution in [2.45, 2.75) is 0 Å². The number of carbonyl (C=O) groups is 2. The minimum atomic E-state index is -1.10. The lowest BCUT2D eigenvalue weighted by molar-refractivity contribution is 0.0699. The van der Waals surface area contributed by atoms with E-state index in [4.69, 9.17) is 4.74 Å². The van der Waals surface area contributed by atoms with Gasteiger partial charge in [0.1, 0.15) is 17.2 Å². The molecule has 0 unspecified atom stereocenters. The lowest BCUT2D eigenvalue weighted by Crippen LogP contribution is -2.14. The Balaban J connectivity index is 2.32. The zero-order chi connectivity index (χ0) is 15.2. The SMILES string of the molecule is C=CCOC(=O)Nc1scc(-c2ccccc2)c1C(=O)O. The van der Waals surface area contributed by atoms with E-state index in [1.165, 1.54) is 6.08 Å². The Hall–Kier alpha value is -2.60. The van der Waals surface area contributed by atoms with Crippen molar-refractivity contribution >= 4 is 28.4 Å². The van der Waals surface area contributed by atoms with Crippen LogP contribution in [0.2, 0.25) is 0 Å². The summed E-state index contributed by atoms with van der Waals surface area (Å²) >= 11 is 1.14. The zero-order valence-electron chi connectivity index (χ0n) is 11.0. The number of amides is 1. The molecule has 2 aromatic rings. The highest BCUT2D eigenvalue weighted by atomic mass is 32.1. The van der Waals surface area contributed by atoms with Crippen LogP contribution in [0.1, 0.15) is 10.4 Å². The summed E-state index contributed by atoms with van der Waals surface area (Å²) in [6.45, 7) is 3.49. The summed E-state index contributed by atoms with van der Waals surface area (Å²) in [7, 11) is 0. The Kier molecular flexibility index (Phi) is 4.73. The number of hydrogen-bond acceptors (Lipinski definition) is 4. The fourth-order valence-electron chi connectivity index (χ4n) is 1.76. The van der Waals surface area contributed by atoms with Gasteiger partial charge in [-0.25, -0.2) is 9.59 Å². The molecular weight excluding hydrogens is 290 g/mol. The van der Waals surface area contributed by atoms with Crippen molar-refractivity contribution in [3.8, 4) is 11.1 Å². The number of carboxylic acid groups (broad SMARTS) is 1. The van der Waals surface area contributed by atoms with E-state index >= 15 is 0 Å². The molecule has 1 aromatic heterocycles. The number of carboxylic acids is 1. The van der Waals surface area contributed by atoms with Gasteiger partial charge in [0.15, 0.2) is 0 Å². The number of aromatic carboxylic acids is 1. The molecule has 1 heterocycles. The predicted molar refractivity (Wildman–Crippen MR) is 81.9 cm³/mol. The maximum absolute atomic E-state index is 11.5. The van der Waals surface area contributed by atoms with E-state index in [-0.39, 0.29) is 17.2 Å². The fraction of sp³-hybridized carbons (Fsp3) is 0.0667. The Bertz CT molecular complexity index is 664. The van der Waals surface area contributed by atoms with Gasteiger partial charge in [0.05, 0.1) is 0 Å². The van der Waals surface area contributed by atoms with E-state index in [1.54, 1.807) is 5.38 Å². The smallest absolute Gasteiger partial charge is 0.412 e. The second-order valence-electron chi connectivity index (χ2n) is 4.04. The van der Waals surface area contributed by atoms with Gasteiger partial charge in [-0.2, -0.15) is 0 Å². The molecule has 1 amide bonds. The van der Waals surface area contributed by atoms with E-state index in [0.29, 0.717) is 5.56 Å². The molecule has 0 saturated carbocycles. The first-order valence-corrected chi connectivity index (χ1v) is 6.96. The Morgan fingerprint density at radius 1 is 1.33 bits per heavy atom. The van der Waals surface area contributed by atoms with Crippen molar-refractivity contribution in [1.29, 1.82) is 0 Å². The van der Waals surface area contributed by atoms with E-state index in [2.05, 4.69) is 11.9 Å². The zero-order valence-corrected chi connectivity index (χ0v) is 11.9. The Morgan fingerprint density at radius 3 is 2.67 bits per heavy atom. The molecule has 6 heteroatoms. The molecule has 0 bridgehead atoms. The molecule has 21 heavy (non-hydrogen) atoms. The van der Waals surface area contributed by atoms with Crippen LogP contribution >= 0.6 is 11.3 Å². The van der Waals surface area contributed by atoms with E-state index in [1.807, 2.05) is 30.3 Å². The van der Waals surface area contributed by atoms with Gasteiger partial charge in [-0.05, 0) is 5.56 Å². The molecule has 0 atom stereocenters. The summed E-state index contributed by atoms with van der Waals surface area (Å²) in [5.41, 5.74) is 1.40. The van der Waals surface area contributed by atoms with Crippen molar-refractivity contribution in [3.63, 3.8) is 0 Å². The largest absolute Gasteiger partial charge is 0.478 e. The van der Waals surface area contributed by atoms with E-state index < -0.39 is 12.1 Å². The van der Waals surface area contributed by atoms with Crippen molar-refractivity contribution in [2.24, 2.45) is 0 Å². The molecule has 0 saturated heterocycles. The number of rotatable bonds is 5. The molecule has 1 aromatic carbocycles. The topological polar surface area (TPSA) is 75.6 Å². The highest BCUT2D eigenvalue weighted by Crippen LogP contribution is 2.35. The number of carbonyl (C=O) groups excluding carboxylic acids is 1. The van der Waals surface area contributed by atoms with Crippen LogP contribution in [0.25, 0.3) is 11.1 Å². The number of hydrogen-bond donors (Lipinski definition) is 2. The van der Waals surface area contributed by atoms with Crippen molar-refractivity contribution in [2.75, 3.05) is 11.9 Å². The second kappa shape index (κ2) is 6.71. The first-order valence-electron chi connectivity index (χ1n) is 6.08. The van der Waals surface area contributed by atoms with Gasteiger partial charge in [0.2, 0.25) is 0 Å². The van der Waals surface area contributed by atoms with E-state index in [9.17, 15) is 14.7 Å². The number of anilines is 1. The van der Waals surface area contributed by atoms with Crippen LogP contribution < -0.4 is 5.32 Å². The third-order valence-corrected chi connectivity index (χ3v) is 3.53. The van der Waals surface area contributed by atoms with Gasteiger partial charge in [-0.3, -0.25) is 5.32 Å². The highest BCUT2D eigenvalue weighted by molar-refractivity contribution is 7.15. The van der Waals surface area contributed by atoms with Crippen LogP contribution in [0.4, 0.5) is 9.80 Å². The van der Waals surface area contributed by atoms with Gasteiger partial charge in [0, 0.05) is 10.9 Å². The Morgan fingerprint density at radius 2 is 2.05 bits per heavy atom. The molecule has 2 rings (SSSR count). The van der Waals surface area contributed by atoms with Crippen LogP contribution in [-0.2, 0) is 4.74 Å². The standard InChI is InChI=1S/C15H13NO4S/c1-2-8-20-15(19)16-13-12(14(17)18)11(9-21-13)10-6-4-3-5-7-10/h2-7,9H,1,8H2,(H,16,19)(H,17,18). The number of nitrogens with one attached hydrogen (secondary N) is 1. The predicted octanol–water partition coefficient (Wildman–Crippen LogP) is 3.85. The molecule has 0 fully saturated rings. The average molecular weight is 303 g/mol. The van der Waals surface area contributed by atoms with Gasteiger partial charge < -0.3 is 9.84 Å². The third kappa shape index (κ3) is 3.49. The molecule has 108 valence electrons.